The molecule has 0 radical (unpaired) electrons. The fraction of sp³-hybridized carbons (Fsp3) is 0.471. The van der Waals surface area contributed by atoms with Crippen LogP contribution in [-0.2, 0) is 11.5 Å². The molecule has 1 atom stereocenters. The van der Waals surface area contributed by atoms with E-state index in [2.05, 4.69) is 10.4 Å². The van der Waals surface area contributed by atoms with Crippen molar-refractivity contribution in [1.82, 2.24) is 20.0 Å². The number of amides is 1. The third-order valence-electron chi connectivity index (χ3n) is 3.47. The Morgan fingerprint density at radius 2 is 2.23 bits per heavy atom. The molecule has 1 unspecified atom stereocenters. The summed E-state index contributed by atoms with van der Waals surface area (Å²) in [5.41, 5.74) is 0. The third kappa shape index (κ3) is 5.63. The molecule has 1 amide bonds. The van der Waals surface area contributed by atoms with E-state index in [4.69, 9.17) is 21.4 Å². The zero-order chi connectivity index (χ0) is 19.1. The maximum Gasteiger partial charge on any atom is 0.288 e. The number of carbonyl (C=O) groups is 1. The summed E-state index contributed by atoms with van der Waals surface area (Å²) < 4.78 is 26.1. The van der Waals surface area contributed by atoms with Crippen LogP contribution in [0.2, 0.25) is 0 Å². The summed E-state index contributed by atoms with van der Waals surface area (Å²) in [6, 6.07) is 6.10. The Labute approximate surface area is 156 Å². The normalized spacial score (nSPS) is 12.2. The molecular weight excluding hydrogens is 359 g/mol. The first-order chi connectivity index (χ1) is 12.4. The molecule has 0 aliphatic carbocycles. The predicted octanol–water partition coefficient (Wildman–Crippen LogP) is 2.90. The second-order valence-corrected chi connectivity index (χ2v) is 6.25. The minimum Gasteiger partial charge on any atom is -0.478 e. The van der Waals surface area contributed by atoms with Crippen LogP contribution >= 0.6 is 12.2 Å². The lowest BCUT2D eigenvalue weighted by molar-refractivity contribution is -0.122. The van der Waals surface area contributed by atoms with Gasteiger partial charge in [0.1, 0.15) is 0 Å². The van der Waals surface area contributed by atoms with Crippen molar-refractivity contribution in [2.75, 3.05) is 20.1 Å². The highest BCUT2D eigenvalue weighted by Crippen LogP contribution is 2.23. The average molecular weight is 382 g/mol. The number of nitrogens with zero attached hydrogens (tertiary/aromatic N) is 3. The Morgan fingerprint density at radius 3 is 2.92 bits per heavy atom. The molecule has 7 nitrogen and oxygen atoms in total. The van der Waals surface area contributed by atoms with Gasteiger partial charge in [0.2, 0.25) is 5.91 Å². The van der Waals surface area contributed by atoms with E-state index in [-0.39, 0.29) is 35.6 Å². The summed E-state index contributed by atoms with van der Waals surface area (Å²) in [5.74, 6) is -0.182. The molecule has 0 aliphatic heterocycles. The van der Waals surface area contributed by atoms with Crippen molar-refractivity contribution < 1.29 is 18.3 Å². The lowest BCUT2D eigenvalue weighted by atomic mass is 10.3. The number of ether oxygens (including phenoxy) is 1. The van der Waals surface area contributed by atoms with E-state index in [1.807, 2.05) is 6.92 Å². The van der Waals surface area contributed by atoms with Crippen LogP contribution in [0.25, 0.3) is 0 Å². The van der Waals surface area contributed by atoms with Crippen molar-refractivity contribution in [3.63, 3.8) is 0 Å². The van der Waals surface area contributed by atoms with Crippen LogP contribution in [0.15, 0.2) is 28.7 Å². The molecule has 0 spiro atoms. The summed E-state index contributed by atoms with van der Waals surface area (Å²) in [6.07, 6.45) is 0.264. The highest BCUT2D eigenvalue weighted by molar-refractivity contribution is 7.71. The fourth-order valence-electron chi connectivity index (χ4n) is 2.20. The monoisotopic (exact) mass is 382 g/mol. The van der Waals surface area contributed by atoms with Crippen LogP contribution in [-0.4, -0.2) is 40.7 Å². The number of halogens is 1. The van der Waals surface area contributed by atoms with Gasteiger partial charge in [-0.15, -0.1) is 5.10 Å². The Bertz CT molecular complexity index is 792. The summed E-state index contributed by atoms with van der Waals surface area (Å²) in [6.45, 7) is 4.83. The molecule has 0 saturated heterocycles. The number of likely N-dealkylation sites (N-methyl/N-ethyl adjacent to an activating group) is 1. The standard InChI is InChI=1S/C17H23FN4O3S/c1-4-9-19-15(23)10-21(3)11-22-17(26)25-16(20-22)12(2)24-14-8-6-5-7-13(14)18/h5-8,12H,4,9-11H2,1-3H3,(H,19,23). The van der Waals surface area contributed by atoms with Crippen LogP contribution in [0.4, 0.5) is 4.39 Å². The van der Waals surface area contributed by atoms with Crippen molar-refractivity contribution in [2.45, 2.75) is 33.0 Å². The second-order valence-electron chi connectivity index (χ2n) is 5.90. The molecule has 26 heavy (non-hydrogen) atoms. The van der Waals surface area contributed by atoms with Crippen molar-refractivity contribution in [2.24, 2.45) is 0 Å². The van der Waals surface area contributed by atoms with E-state index in [1.165, 1.54) is 16.8 Å². The predicted molar refractivity (Wildman–Crippen MR) is 96.7 cm³/mol. The quantitative estimate of drug-likeness (QED) is 0.673. The second kappa shape index (κ2) is 9.44. The van der Waals surface area contributed by atoms with Crippen LogP contribution < -0.4 is 10.1 Å². The number of hydrogen-bond donors (Lipinski definition) is 1. The van der Waals surface area contributed by atoms with E-state index < -0.39 is 11.9 Å². The molecule has 0 bridgehead atoms. The molecular formula is C17H23FN4O3S. The van der Waals surface area contributed by atoms with Gasteiger partial charge < -0.3 is 14.5 Å². The third-order valence-corrected chi connectivity index (χ3v) is 3.77. The summed E-state index contributed by atoms with van der Waals surface area (Å²) in [7, 11) is 1.78. The van der Waals surface area contributed by atoms with Crippen molar-refractivity contribution >= 4 is 18.1 Å². The summed E-state index contributed by atoms with van der Waals surface area (Å²) in [5, 5.41) is 7.07. The van der Waals surface area contributed by atoms with E-state index >= 15 is 0 Å². The fourth-order valence-corrected chi connectivity index (χ4v) is 2.39. The molecule has 2 aromatic rings. The first-order valence-electron chi connectivity index (χ1n) is 8.35. The summed E-state index contributed by atoms with van der Waals surface area (Å²) in [4.78, 5) is 13.7. The van der Waals surface area contributed by atoms with Gasteiger partial charge in [0.15, 0.2) is 17.7 Å². The van der Waals surface area contributed by atoms with Gasteiger partial charge in [-0.3, -0.25) is 9.69 Å². The number of hydrogen-bond acceptors (Lipinski definition) is 6. The van der Waals surface area contributed by atoms with E-state index in [1.54, 1.807) is 31.0 Å². The highest BCUT2D eigenvalue weighted by Gasteiger charge is 2.18. The maximum atomic E-state index is 13.7. The minimum atomic E-state index is -0.618. The number of aromatic nitrogens is 2. The van der Waals surface area contributed by atoms with Gasteiger partial charge in [0.05, 0.1) is 13.2 Å². The van der Waals surface area contributed by atoms with E-state index in [0.29, 0.717) is 6.54 Å². The Morgan fingerprint density at radius 1 is 1.50 bits per heavy atom. The number of nitrogens with one attached hydrogen (secondary N) is 1. The van der Waals surface area contributed by atoms with Gasteiger partial charge in [-0.05, 0) is 44.7 Å². The lowest BCUT2D eigenvalue weighted by Gasteiger charge is -2.15. The zero-order valence-corrected chi connectivity index (χ0v) is 15.9. The van der Waals surface area contributed by atoms with E-state index in [9.17, 15) is 9.18 Å². The Kier molecular flexibility index (Phi) is 7.28. The number of carbonyl (C=O) groups excluding carboxylic acids is 1. The average Bonchev–Trinajstić information content (AvgIpc) is 2.95. The first kappa shape index (κ1) is 20.1. The van der Waals surface area contributed by atoms with E-state index in [0.717, 1.165) is 6.42 Å². The number of rotatable bonds is 9. The molecule has 0 fully saturated rings. The van der Waals surface area contributed by atoms with Gasteiger partial charge in [-0.25, -0.2) is 9.07 Å². The largest absolute Gasteiger partial charge is 0.478 e. The highest BCUT2D eigenvalue weighted by atomic mass is 32.1. The number of benzene rings is 1. The smallest absolute Gasteiger partial charge is 0.288 e. The summed E-state index contributed by atoms with van der Waals surface area (Å²) >= 11 is 5.16. The van der Waals surface area contributed by atoms with Crippen LogP contribution in [0.1, 0.15) is 32.3 Å². The molecule has 0 saturated carbocycles. The number of para-hydroxylation sites is 1. The molecule has 9 heteroatoms. The molecule has 1 N–H and O–H groups in total. The zero-order valence-electron chi connectivity index (χ0n) is 15.1. The molecule has 1 aromatic carbocycles. The van der Waals surface area contributed by atoms with Crippen molar-refractivity contribution in [3.8, 4) is 5.75 Å². The SMILES string of the molecule is CCCNC(=O)CN(C)Cn1nc(C(C)Oc2ccccc2F)oc1=S. The van der Waals surface area contributed by atoms with Crippen LogP contribution in [0, 0.1) is 10.7 Å². The minimum absolute atomic E-state index is 0.0687. The maximum absolute atomic E-state index is 13.7. The molecule has 0 aliphatic rings. The van der Waals surface area contributed by atoms with Crippen molar-refractivity contribution in [1.29, 1.82) is 0 Å². The van der Waals surface area contributed by atoms with Gasteiger partial charge in [-0.1, -0.05) is 19.1 Å². The molecule has 2 rings (SSSR count). The van der Waals surface area contributed by atoms with Gasteiger partial charge >= 0.3 is 0 Å². The Hall–Kier alpha value is -2.26. The molecule has 142 valence electrons. The Balaban J connectivity index is 1.98. The topological polar surface area (TPSA) is 72.5 Å². The molecule has 1 aromatic heterocycles. The molecule has 1 heterocycles. The van der Waals surface area contributed by atoms with Gasteiger partial charge in [0.25, 0.3) is 10.7 Å². The van der Waals surface area contributed by atoms with Gasteiger partial charge in [0, 0.05) is 6.54 Å². The van der Waals surface area contributed by atoms with Gasteiger partial charge in [-0.2, -0.15) is 0 Å². The first-order valence-corrected chi connectivity index (χ1v) is 8.75. The van der Waals surface area contributed by atoms with Crippen LogP contribution in [0.5, 0.6) is 5.75 Å². The van der Waals surface area contributed by atoms with Crippen molar-refractivity contribution in [3.05, 3.63) is 40.8 Å². The van der Waals surface area contributed by atoms with Crippen LogP contribution in [0.3, 0.4) is 0 Å². The lowest BCUT2D eigenvalue weighted by Crippen LogP contribution is -2.36.